The predicted octanol–water partition coefficient (Wildman–Crippen LogP) is 2.33. The van der Waals surface area contributed by atoms with E-state index in [9.17, 15) is 9.59 Å². The van der Waals surface area contributed by atoms with Crippen molar-refractivity contribution >= 4 is 62.1 Å². The molecule has 0 atom stereocenters. The zero-order valence-corrected chi connectivity index (χ0v) is 16.0. The predicted molar refractivity (Wildman–Crippen MR) is 102 cm³/mol. The molecule has 3 heterocycles. The fourth-order valence-electron chi connectivity index (χ4n) is 2.13. The van der Waals surface area contributed by atoms with E-state index in [0.717, 1.165) is 17.5 Å². The summed E-state index contributed by atoms with van der Waals surface area (Å²) < 4.78 is 6.29. The number of aromatic amines is 1. The standard InChI is InChI=1S/C15H13BrN4O3S2/c16-12-2-1-10(23-12)5-11-14(22)20(15(24)25-11)7-13(21)18-4-3-9-6-17-8-19-9/h1-2,5-6,8H,3-4,7H2,(H,17,19)(H,18,21). The number of carbonyl (C=O) groups excluding carboxylic acids is 2. The zero-order chi connectivity index (χ0) is 17.8. The van der Waals surface area contributed by atoms with E-state index >= 15 is 0 Å². The Labute approximate surface area is 161 Å². The van der Waals surface area contributed by atoms with Gasteiger partial charge in [-0.25, -0.2) is 4.98 Å². The third-order valence-corrected chi connectivity index (χ3v) is 5.12. The lowest BCUT2D eigenvalue weighted by Gasteiger charge is -2.13. The number of halogens is 1. The molecule has 1 saturated heterocycles. The first-order valence-corrected chi connectivity index (χ1v) is 9.29. The Hall–Kier alpha value is -1.91. The van der Waals surface area contributed by atoms with Crippen molar-refractivity contribution in [1.29, 1.82) is 0 Å². The summed E-state index contributed by atoms with van der Waals surface area (Å²) in [7, 11) is 0. The summed E-state index contributed by atoms with van der Waals surface area (Å²) in [5.41, 5.74) is 0.929. The summed E-state index contributed by atoms with van der Waals surface area (Å²) in [6.45, 7) is 0.346. The molecule has 1 fully saturated rings. The van der Waals surface area contributed by atoms with Crippen molar-refractivity contribution in [2.75, 3.05) is 13.1 Å². The molecule has 7 nitrogen and oxygen atoms in total. The summed E-state index contributed by atoms with van der Waals surface area (Å²) in [6, 6.07) is 3.47. The molecule has 0 radical (unpaired) electrons. The number of imidazole rings is 1. The highest BCUT2D eigenvalue weighted by Gasteiger charge is 2.33. The number of nitrogens with one attached hydrogen (secondary N) is 2. The summed E-state index contributed by atoms with van der Waals surface area (Å²) in [4.78, 5) is 33.1. The van der Waals surface area contributed by atoms with Gasteiger partial charge in [0.1, 0.15) is 16.6 Å². The number of thiocarbonyl (C=S) groups is 1. The second-order valence-electron chi connectivity index (χ2n) is 5.09. The number of thioether (sulfide) groups is 1. The number of carbonyl (C=O) groups is 2. The quantitative estimate of drug-likeness (QED) is 0.528. The smallest absolute Gasteiger partial charge is 0.266 e. The number of amides is 2. The molecule has 2 amide bonds. The Morgan fingerprint density at radius 3 is 3.04 bits per heavy atom. The maximum absolute atomic E-state index is 12.4. The van der Waals surface area contributed by atoms with Crippen LogP contribution in [0.2, 0.25) is 0 Å². The minimum Gasteiger partial charge on any atom is -0.450 e. The van der Waals surface area contributed by atoms with Gasteiger partial charge in [0.2, 0.25) is 5.91 Å². The van der Waals surface area contributed by atoms with E-state index in [1.54, 1.807) is 30.7 Å². The molecule has 2 N–H and O–H groups in total. The van der Waals surface area contributed by atoms with Crippen LogP contribution in [0.15, 0.2) is 38.6 Å². The second-order valence-corrected chi connectivity index (χ2v) is 7.54. The fraction of sp³-hybridized carbons (Fsp3) is 0.200. The van der Waals surface area contributed by atoms with Crippen molar-refractivity contribution in [2.45, 2.75) is 6.42 Å². The van der Waals surface area contributed by atoms with Crippen molar-refractivity contribution < 1.29 is 14.0 Å². The van der Waals surface area contributed by atoms with E-state index in [1.807, 2.05) is 0 Å². The number of H-pyrrole nitrogens is 1. The van der Waals surface area contributed by atoms with Gasteiger partial charge in [-0.05, 0) is 28.1 Å². The molecule has 10 heteroatoms. The monoisotopic (exact) mass is 440 g/mol. The summed E-state index contributed by atoms with van der Waals surface area (Å²) in [6.07, 6.45) is 5.53. The lowest BCUT2D eigenvalue weighted by molar-refractivity contribution is -0.128. The lowest BCUT2D eigenvalue weighted by Crippen LogP contribution is -2.40. The highest BCUT2D eigenvalue weighted by molar-refractivity contribution is 9.10. The number of hydrogen-bond acceptors (Lipinski definition) is 6. The van der Waals surface area contributed by atoms with Crippen LogP contribution < -0.4 is 5.32 Å². The molecule has 0 unspecified atom stereocenters. The minimum absolute atomic E-state index is 0.104. The van der Waals surface area contributed by atoms with Gasteiger partial charge in [0.15, 0.2) is 4.67 Å². The highest BCUT2D eigenvalue weighted by Crippen LogP contribution is 2.32. The van der Waals surface area contributed by atoms with Crippen LogP contribution in [0.1, 0.15) is 11.5 Å². The SMILES string of the molecule is O=C(CN1C(=O)C(=Cc2ccc(Br)o2)SC1=S)NCCc1cnc[nH]1. The van der Waals surface area contributed by atoms with E-state index in [1.165, 1.54) is 4.90 Å². The van der Waals surface area contributed by atoms with Crippen LogP contribution >= 0.6 is 39.9 Å². The third-order valence-electron chi connectivity index (χ3n) is 3.31. The number of furan rings is 1. The van der Waals surface area contributed by atoms with Gasteiger partial charge in [-0.1, -0.05) is 24.0 Å². The summed E-state index contributed by atoms with van der Waals surface area (Å²) in [5.74, 6) is -0.0274. The first kappa shape index (κ1) is 17.9. The Morgan fingerprint density at radius 1 is 1.52 bits per heavy atom. The van der Waals surface area contributed by atoms with E-state index in [-0.39, 0.29) is 18.4 Å². The average Bonchev–Trinajstić information content (AvgIpc) is 3.27. The summed E-state index contributed by atoms with van der Waals surface area (Å²) in [5, 5.41) is 2.76. The molecular weight excluding hydrogens is 428 g/mol. The van der Waals surface area contributed by atoms with Crippen LogP contribution in [0.5, 0.6) is 0 Å². The van der Waals surface area contributed by atoms with Gasteiger partial charge in [-0.3, -0.25) is 14.5 Å². The number of hydrogen-bond donors (Lipinski definition) is 2. The van der Waals surface area contributed by atoms with Gasteiger partial charge in [-0.15, -0.1) is 0 Å². The van der Waals surface area contributed by atoms with Crippen LogP contribution in [0.25, 0.3) is 6.08 Å². The van der Waals surface area contributed by atoms with Crippen molar-refractivity contribution in [3.63, 3.8) is 0 Å². The number of nitrogens with zero attached hydrogens (tertiary/aromatic N) is 2. The van der Waals surface area contributed by atoms with Crippen LogP contribution in [0.3, 0.4) is 0 Å². The molecule has 2 aromatic heterocycles. The molecule has 2 aromatic rings. The highest BCUT2D eigenvalue weighted by atomic mass is 79.9. The Kier molecular flexibility index (Phi) is 5.71. The molecule has 0 bridgehead atoms. The van der Waals surface area contributed by atoms with Crippen LogP contribution in [0, 0.1) is 0 Å². The van der Waals surface area contributed by atoms with Gasteiger partial charge in [-0.2, -0.15) is 0 Å². The first-order chi connectivity index (χ1) is 12.0. The lowest BCUT2D eigenvalue weighted by atomic mass is 10.3. The Bertz CT molecular complexity index is 832. The van der Waals surface area contributed by atoms with Gasteiger partial charge in [0.05, 0.1) is 11.2 Å². The van der Waals surface area contributed by atoms with E-state index in [4.69, 9.17) is 16.6 Å². The molecule has 0 aliphatic carbocycles. The molecule has 0 spiro atoms. The summed E-state index contributed by atoms with van der Waals surface area (Å²) >= 11 is 9.56. The molecule has 130 valence electrons. The first-order valence-electron chi connectivity index (χ1n) is 7.27. The van der Waals surface area contributed by atoms with E-state index in [0.29, 0.717) is 32.6 Å². The van der Waals surface area contributed by atoms with Crippen LogP contribution in [0.4, 0.5) is 0 Å². The molecule has 25 heavy (non-hydrogen) atoms. The van der Waals surface area contributed by atoms with Crippen molar-refractivity contribution in [1.82, 2.24) is 20.2 Å². The Balaban J connectivity index is 1.55. The molecule has 3 rings (SSSR count). The molecule has 0 saturated carbocycles. The molecular formula is C15H13BrN4O3S2. The van der Waals surface area contributed by atoms with Gasteiger partial charge >= 0.3 is 0 Å². The van der Waals surface area contributed by atoms with Crippen molar-refractivity contribution in [2.24, 2.45) is 0 Å². The van der Waals surface area contributed by atoms with Crippen molar-refractivity contribution in [3.05, 3.63) is 45.7 Å². The number of aromatic nitrogens is 2. The number of rotatable bonds is 6. The minimum atomic E-state index is -0.300. The molecule has 1 aliphatic heterocycles. The topological polar surface area (TPSA) is 91.2 Å². The second kappa shape index (κ2) is 7.98. The van der Waals surface area contributed by atoms with E-state index in [2.05, 4.69) is 31.2 Å². The fourth-order valence-corrected chi connectivity index (χ4v) is 3.68. The van der Waals surface area contributed by atoms with Crippen molar-refractivity contribution in [3.8, 4) is 0 Å². The Morgan fingerprint density at radius 2 is 2.36 bits per heavy atom. The van der Waals surface area contributed by atoms with Crippen LogP contribution in [-0.2, 0) is 16.0 Å². The van der Waals surface area contributed by atoms with Gasteiger partial charge in [0.25, 0.3) is 5.91 Å². The van der Waals surface area contributed by atoms with Gasteiger partial charge < -0.3 is 14.7 Å². The zero-order valence-electron chi connectivity index (χ0n) is 12.8. The largest absolute Gasteiger partial charge is 0.450 e. The maximum atomic E-state index is 12.4. The maximum Gasteiger partial charge on any atom is 0.266 e. The molecule has 1 aliphatic rings. The third kappa shape index (κ3) is 4.59. The van der Waals surface area contributed by atoms with Crippen LogP contribution in [-0.4, -0.2) is 44.1 Å². The van der Waals surface area contributed by atoms with Gasteiger partial charge in [0, 0.05) is 30.9 Å². The normalized spacial score (nSPS) is 16.0. The average molecular weight is 441 g/mol. The molecule has 0 aromatic carbocycles. The van der Waals surface area contributed by atoms with E-state index < -0.39 is 0 Å².